The zero-order valence-electron chi connectivity index (χ0n) is 12.1. The van der Waals surface area contributed by atoms with Crippen LogP contribution in [0.2, 0.25) is 0 Å². The molecule has 2 aromatic rings. The Morgan fingerprint density at radius 1 is 0.920 bits per heavy atom. The molecule has 1 aromatic heterocycles. The van der Waals surface area contributed by atoms with Crippen molar-refractivity contribution in [3.05, 3.63) is 74.1 Å². The number of allylic oxidation sites excluding steroid dienone is 2. The predicted octanol–water partition coefficient (Wildman–Crippen LogP) is 5.66. The van der Waals surface area contributed by atoms with Crippen molar-refractivity contribution in [2.24, 2.45) is 0 Å². The lowest BCUT2D eigenvalue weighted by atomic mass is 9.86. The van der Waals surface area contributed by atoms with Crippen LogP contribution in [0.15, 0.2) is 51.2 Å². The summed E-state index contributed by atoms with van der Waals surface area (Å²) in [7, 11) is 0. The molecule has 2 aliphatic rings. The third-order valence-corrected chi connectivity index (χ3v) is 6.23. The number of nitrogens with zero attached hydrogens (tertiary/aromatic N) is 2. The quantitative estimate of drug-likeness (QED) is 0.251. The molecule has 2 nitrogen and oxygen atoms in total. The first-order chi connectivity index (χ1) is 11.7. The molecule has 1 aromatic carbocycles. The Hall–Kier alpha value is -1.13. The highest BCUT2D eigenvalue weighted by atomic mass is 79.9. The van der Waals surface area contributed by atoms with E-state index in [0.717, 1.165) is 21.1 Å². The van der Waals surface area contributed by atoms with Crippen molar-refractivity contribution >= 4 is 65.0 Å². The molecule has 4 rings (SSSR count). The molecular formula is C15H6BBr3F4N2. The average Bonchev–Trinajstić information content (AvgIpc) is 3.11. The molecule has 0 fully saturated rings. The predicted molar refractivity (Wildman–Crippen MR) is 98.9 cm³/mol. The molecule has 0 bridgehead atoms. The fourth-order valence-electron chi connectivity index (χ4n) is 3.14. The van der Waals surface area contributed by atoms with Gasteiger partial charge in [-0.1, -0.05) is 0 Å². The molecule has 2 aliphatic heterocycles. The van der Waals surface area contributed by atoms with Gasteiger partial charge in [0, 0.05) is 39.3 Å². The molecule has 0 N–H and O–H groups in total. The van der Waals surface area contributed by atoms with E-state index in [1.54, 1.807) is 0 Å². The van der Waals surface area contributed by atoms with Crippen molar-refractivity contribution in [2.75, 3.05) is 0 Å². The molecule has 0 saturated heterocycles. The van der Waals surface area contributed by atoms with Crippen LogP contribution in [0.5, 0.6) is 0 Å². The number of fused-ring (bicyclic) bond motifs is 2. The Bertz CT molecular complexity index is 1040. The highest BCUT2D eigenvalue weighted by Gasteiger charge is 2.54. The van der Waals surface area contributed by atoms with Crippen LogP contribution < -0.4 is 0 Å². The van der Waals surface area contributed by atoms with Gasteiger partial charge < -0.3 is 17.6 Å². The molecule has 0 spiro atoms. The fraction of sp³-hybridized carbons (Fsp3) is 0. The monoisotopic (exact) mass is 538 g/mol. The summed E-state index contributed by atoms with van der Waals surface area (Å²) >= 11 is 9.29. The molecule has 10 heteroatoms. The van der Waals surface area contributed by atoms with Crippen molar-refractivity contribution < 1.29 is 21.9 Å². The first kappa shape index (κ1) is 17.3. The second-order valence-corrected chi connectivity index (χ2v) is 7.92. The van der Waals surface area contributed by atoms with Gasteiger partial charge in [0.15, 0.2) is 5.70 Å². The third kappa shape index (κ3) is 2.30. The third-order valence-electron chi connectivity index (χ3n) is 4.16. The van der Waals surface area contributed by atoms with Gasteiger partial charge in [-0.3, -0.25) is 0 Å². The van der Waals surface area contributed by atoms with Crippen LogP contribution in [-0.4, -0.2) is 20.6 Å². The van der Waals surface area contributed by atoms with Crippen molar-refractivity contribution in [1.82, 2.24) is 4.48 Å². The Kier molecular flexibility index (Phi) is 3.93. The first-order valence-electron chi connectivity index (χ1n) is 7.02. The van der Waals surface area contributed by atoms with E-state index in [1.807, 2.05) is 0 Å². The minimum absolute atomic E-state index is 0.0974. The smallest absolute Gasteiger partial charge is 0.389 e. The van der Waals surface area contributed by atoms with Crippen molar-refractivity contribution in [3.63, 3.8) is 0 Å². The highest BCUT2D eigenvalue weighted by molar-refractivity contribution is 9.18. The standard InChI is InChI=1S/C15H6BBr3F4N2/c17-11-5-3-9-14(13-7(20)1-2-8(21)15(13)19)10-4-6-12(18)25(10)16(22,23)24(9)11/h1-6H. The summed E-state index contributed by atoms with van der Waals surface area (Å²) in [5.74, 6) is -1.39. The van der Waals surface area contributed by atoms with Gasteiger partial charge in [-0.05, 0) is 56.1 Å². The minimum Gasteiger partial charge on any atom is -0.389 e. The Morgan fingerprint density at radius 2 is 1.60 bits per heavy atom. The molecule has 3 heterocycles. The number of hydrogen-bond acceptors (Lipinski definition) is 0. The van der Waals surface area contributed by atoms with Crippen LogP contribution in [0.3, 0.4) is 0 Å². The maximum absolute atomic E-state index is 15.1. The van der Waals surface area contributed by atoms with Gasteiger partial charge in [-0.25, -0.2) is 8.78 Å². The zero-order chi connectivity index (χ0) is 18.1. The van der Waals surface area contributed by atoms with Crippen molar-refractivity contribution in [2.45, 2.75) is 0 Å². The second-order valence-electron chi connectivity index (χ2n) is 5.50. The number of rotatable bonds is 1. The van der Waals surface area contributed by atoms with Gasteiger partial charge >= 0.3 is 6.97 Å². The van der Waals surface area contributed by atoms with E-state index in [-0.39, 0.29) is 36.2 Å². The van der Waals surface area contributed by atoms with Crippen LogP contribution in [0.1, 0.15) is 11.3 Å². The molecule has 0 radical (unpaired) electrons. The summed E-state index contributed by atoms with van der Waals surface area (Å²) in [4.78, 5) is 0. The zero-order valence-corrected chi connectivity index (χ0v) is 16.8. The van der Waals surface area contributed by atoms with Crippen LogP contribution in [-0.2, 0) is 0 Å². The summed E-state index contributed by atoms with van der Waals surface area (Å²) in [6, 6.07) is 4.87. The maximum atomic E-state index is 15.1. The maximum Gasteiger partial charge on any atom is 0.738 e. The summed E-state index contributed by atoms with van der Waals surface area (Å²) in [6.45, 7) is -4.21. The summed E-state index contributed by atoms with van der Waals surface area (Å²) < 4.78 is 60.5. The van der Waals surface area contributed by atoms with E-state index in [0.29, 0.717) is 0 Å². The highest BCUT2D eigenvalue weighted by Crippen LogP contribution is 2.44. The SMILES string of the molecule is Fc1ccc(F)c(C2=C3C=CC(Br)=[N+]3[B-](F)(F)n3c(Br)ccc32)c1Br. The lowest BCUT2D eigenvalue weighted by Gasteiger charge is -2.32. The molecular weight excluding hydrogens is 535 g/mol. The Labute approximate surface area is 165 Å². The number of hydrogen-bond donors (Lipinski definition) is 0. The normalized spacial score (nSPS) is 18.0. The molecule has 0 saturated carbocycles. The summed E-state index contributed by atoms with van der Waals surface area (Å²) in [6.07, 6.45) is 2.91. The van der Waals surface area contributed by atoms with Crippen LogP contribution in [0.4, 0.5) is 17.4 Å². The largest absolute Gasteiger partial charge is 0.738 e. The van der Waals surface area contributed by atoms with Crippen LogP contribution in [0, 0.1) is 11.6 Å². The minimum atomic E-state index is -4.21. The van der Waals surface area contributed by atoms with E-state index in [9.17, 15) is 8.78 Å². The van der Waals surface area contributed by atoms with Gasteiger partial charge in [0.25, 0.3) is 0 Å². The Morgan fingerprint density at radius 3 is 2.32 bits per heavy atom. The van der Waals surface area contributed by atoms with E-state index in [1.165, 1.54) is 24.3 Å². The Balaban J connectivity index is 2.18. The number of halogens is 7. The van der Waals surface area contributed by atoms with Crippen molar-refractivity contribution in [3.8, 4) is 0 Å². The molecule has 0 atom stereocenters. The van der Waals surface area contributed by atoms with Crippen molar-refractivity contribution in [1.29, 1.82) is 0 Å². The molecule has 0 amide bonds. The molecule has 128 valence electrons. The second kappa shape index (κ2) is 5.69. The fourth-order valence-corrected chi connectivity index (χ4v) is 4.80. The molecule has 0 aliphatic carbocycles. The van der Waals surface area contributed by atoms with Gasteiger partial charge in [0.1, 0.15) is 11.6 Å². The van der Waals surface area contributed by atoms with E-state index in [2.05, 4.69) is 47.8 Å². The van der Waals surface area contributed by atoms with Crippen LogP contribution >= 0.6 is 47.8 Å². The number of benzene rings is 1. The van der Waals surface area contributed by atoms with Crippen LogP contribution in [0.25, 0.3) is 5.57 Å². The van der Waals surface area contributed by atoms with Gasteiger partial charge in [-0.2, -0.15) is 0 Å². The molecule has 25 heavy (non-hydrogen) atoms. The van der Waals surface area contributed by atoms with E-state index in [4.69, 9.17) is 0 Å². The lowest BCUT2D eigenvalue weighted by molar-refractivity contribution is -0.358. The molecule has 0 unspecified atom stereocenters. The lowest BCUT2D eigenvalue weighted by Crippen LogP contribution is -2.50. The van der Waals surface area contributed by atoms with E-state index < -0.39 is 18.6 Å². The van der Waals surface area contributed by atoms with Gasteiger partial charge in [0.2, 0.25) is 4.62 Å². The average molecular weight is 541 g/mol. The topological polar surface area (TPSA) is 7.94 Å². The first-order valence-corrected chi connectivity index (χ1v) is 9.40. The van der Waals surface area contributed by atoms with Gasteiger partial charge in [-0.15, -0.1) is 0 Å². The van der Waals surface area contributed by atoms with E-state index >= 15 is 8.63 Å². The number of aromatic nitrogens is 1. The van der Waals surface area contributed by atoms with Gasteiger partial charge in [0.05, 0.1) is 14.6 Å². The summed E-state index contributed by atoms with van der Waals surface area (Å²) in [5, 5.41) is 0. The summed E-state index contributed by atoms with van der Waals surface area (Å²) in [5.41, 5.74) is 0.262.